The van der Waals surface area contributed by atoms with Crippen LogP contribution in [0.15, 0.2) is 35.3 Å². The second-order valence-electron chi connectivity index (χ2n) is 4.23. The van der Waals surface area contributed by atoms with Gasteiger partial charge in [0.05, 0.1) is 5.52 Å². The zero-order valence-corrected chi connectivity index (χ0v) is 9.90. The first kappa shape index (κ1) is 10.7. The number of rotatable bonds is 2. The molecule has 0 atom stereocenters. The molecule has 5 heteroatoms. The van der Waals surface area contributed by atoms with Crippen LogP contribution in [-0.4, -0.2) is 19.9 Å². The standard InChI is InChI=1S/C13H12N4O/c1-8-6-10(7-9-4-2-3-5-14-9)15-12-11(8)16-13(18)17-12/h2-6H,7H2,1H3,(H2,15,16,17,18). The molecule has 0 bridgehead atoms. The number of nitrogens with one attached hydrogen (secondary N) is 2. The lowest BCUT2D eigenvalue weighted by molar-refractivity contribution is 1.02. The molecule has 0 saturated heterocycles. The fraction of sp³-hybridized carbons (Fsp3) is 0.154. The van der Waals surface area contributed by atoms with Crippen LogP contribution in [0.1, 0.15) is 17.0 Å². The number of nitrogens with zero attached hydrogens (tertiary/aromatic N) is 2. The maximum Gasteiger partial charge on any atom is 0.325 e. The Bertz CT molecular complexity index is 743. The molecule has 0 fully saturated rings. The van der Waals surface area contributed by atoms with E-state index in [1.807, 2.05) is 31.2 Å². The summed E-state index contributed by atoms with van der Waals surface area (Å²) in [5.74, 6) is 0. The van der Waals surface area contributed by atoms with Crippen LogP contribution in [0.3, 0.4) is 0 Å². The monoisotopic (exact) mass is 240 g/mol. The van der Waals surface area contributed by atoms with E-state index in [1.165, 1.54) is 0 Å². The first-order valence-corrected chi connectivity index (χ1v) is 5.71. The van der Waals surface area contributed by atoms with Crippen molar-refractivity contribution in [3.8, 4) is 0 Å². The highest BCUT2D eigenvalue weighted by Gasteiger charge is 2.06. The van der Waals surface area contributed by atoms with Gasteiger partial charge in [0.15, 0.2) is 5.65 Å². The number of aryl methyl sites for hydroxylation is 1. The topological polar surface area (TPSA) is 74.4 Å². The van der Waals surface area contributed by atoms with Gasteiger partial charge in [-0.3, -0.25) is 9.97 Å². The molecule has 0 spiro atoms. The molecule has 0 radical (unpaired) electrons. The molecule has 3 heterocycles. The zero-order valence-electron chi connectivity index (χ0n) is 9.90. The molecule has 90 valence electrons. The van der Waals surface area contributed by atoms with Gasteiger partial charge in [-0.1, -0.05) is 6.07 Å². The molecule has 2 N–H and O–H groups in total. The van der Waals surface area contributed by atoms with Gasteiger partial charge in [0.2, 0.25) is 0 Å². The molecular weight excluding hydrogens is 228 g/mol. The molecular formula is C13H12N4O. The van der Waals surface area contributed by atoms with Crippen molar-refractivity contribution in [2.45, 2.75) is 13.3 Å². The van der Waals surface area contributed by atoms with Gasteiger partial charge < -0.3 is 4.98 Å². The van der Waals surface area contributed by atoms with Crippen molar-refractivity contribution in [2.24, 2.45) is 0 Å². The van der Waals surface area contributed by atoms with Crippen molar-refractivity contribution < 1.29 is 0 Å². The molecule has 0 aliphatic heterocycles. The van der Waals surface area contributed by atoms with Crippen molar-refractivity contribution in [1.29, 1.82) is 0 Å². The summed E-state index contributed by atoms with van der Waals surface area (Å²) >= 11 is 0. The van der Waals surface area contributed by atoms with E-state index in [0.29, 0.717) is 12.1 Å². The Hall–Kier alpha value is -2.43. The van der Waals surface area contributed by atoms with Gasteiger partial charge in [-0.15, -0.1) is 0 Å². The van der Waals surface area contributed by atoms with Crippen LogP contribution < -0.4 is 5.69 Å². The third kappa shape index (κ3) is 1.90. The van der Waals surface area contributed by atoms with Crippen molar-refractivity contribution in [3.05, 3.63) is 57.9 Å². The molecule has 18 heavy (non-hydrogen) atoms. The lowest BCUT2D eigenvalue weighted by Crippen LogP contribution is -1.99. The summed E-state index contributed by atoms with van der Waals surface area (Å²) in [5, 5.41) is 0. The molecule has 5 nitrogen and oxygen atoms in total. The summed E-state index contributed by atoms with van der Waals surface area (Å²) in [7, 11) is 0. The molecule has 0 saturated carbocycles. The number of aromatic amines is 2. The lowest BCUT2D eigenvalue weighted by Gasteiger charge is -2.02. The highest BCUT2D eigenvalue weighted by atomic mass is 16.1. The average molecular weight is 240 g/mol. The zero-order chi connectivity index (χ0) is 12.5. The number of pyridine rings is 2. The number of aromatic nitrogens is 4. The van der Waals surface area contributed by atoms with Gasteiger partial charge in [-0.25, -0.2) is 9.78 Å². The maximum absolute atomic E-state index is 11.2. The third-order valence-corrected chi connectivity index (χ3v) is 2.83. The molecule has 0 aromatic carbocycles. The fourth-order valence-electron chi connectivity index (χ4n) is 2.02. The minimum absolute atomic E-state index is 0.226. The van der Waals surface area contributed by atoms with Crippen LogP contribution in [0.4, 0.5) is 0 Å². The van der Waals surface area contributed by atoms with Gasteiger partial charge in [-0.2, -0.15) is 0 Å². The molecule has 0 aliphatic carbocycles. The third-order valence-electron chi connectivity index (χ3n) is 2.83. The quantitative estimate of drug-likeness (QED) is 0.713. The summed E-state index contributed by atoms with van der Waals surface area (Å²) in [6.45, 7) is 1.95. The van der Waals surface area contributed by atoms with Crippen molar-refractivity contribution in [3.63, 3.8) is 0 Å². The normalized spacial score (nSPS) is 10.9. The summed E-state index contributed by atoms with van der Waals surface area (Å²) in [6.07, 6.45) is 2.42. The highest BCUT2D eigenvalue weighted by Crippen LogP contribution is 2.14. The minimum Gasteiger partial charge on any atom is -0.304 e. The number of imidazole rings is 1. The largest absolute Gasteiger partial charge is 0.325 e. The number of fused-ring (bicyclic) bond motifs is 1. The van der Waals surface area contributed by atoms with Crippen LogP contribution in [-0.2, 0) is 6.42 Å². The molecule has 0 unspecified atom stereocenters. The Balaban J connectivity index is 2.05. The smallest absolute Gasteiger partial charge is 0.304 e. The first-order valence-electron chi connectivity index (χ1n) is 5.71. The van der Waals surface area contributed by atoms with Gasteiger partial charge in [0.25, 0.3) is 0 Å². The predicted octanol–water partition coefficient (Wildman–Crippen LogP) is 1.55. The molecule has 3 aromatic heterocycles. The highest BCUT2D eigenvalue weighted by molar-refractivity contribution is 5.74. The van der Waals surface area contributed by atoms with Crippen LogP contribution in [0.2, 0.25) is 0 Å². The Kier molecular flexibility index (Phi) is 2.44. The summed E-state index contributed by atoms with van der Waals surface area (Å²) in [6, 6.07) is 7.77. The number of H-pyrrole nitrogens is 2. The predicted molar refractivity (Wildman–Crippen MR) is 68.5 cm³/mol. The van der Waals surface area contributed by atoms with Crippen LogP contribution in [0.25, 0.3) is 11.2 Å². The second-order valence-corrected chi connectivity index (χ2v) is 4.23. The Morgan fingerprint density at radius 1 is 1.22 bits per heavy atom. The van der Waals surface area contributed by atoms with Crippen LogP contribution >= 0.6 is 0 Å². The molecule has 0 amide bonds. The van der Waals surface area contributed by atoms with Crippen LogP contribution in [0.5, 0.6) is 0 Å². The van der Waals surface area contributed by atoms with E-state index in [2.05, 4.69) is 19.9 Å². The maximum atomic E-state index is 11.2. The second kappa shape index (κ2) is 4.10. The first-order chi connectivity index (χ1) is 8.72. The summed E-state index contributed by atoms with van der Waals surface area (Å²) in [4.78, 5) is 25.4. The van der Waals surface area contributed by atoms with Crippen molar-refractivity contribution in [2.75, 3.05) is 0 Å². The average Bonchev–Trinajstić information content (AvgIpc) is 2.72. The Morgan fingerprint density at radius 3 is 2.89 bits per heavy atom. The SMILES string of the molecule is Cc1cc(Cc2ccccn2)nc2[nH]c(=O)[nH]c12. The lowest BCUT2D eigenvalue weighted by atomic mass is 10.1. The van der Waals surface area contributed by atoms with E-state index >= 15 is 0 Å². The van der Waals surface area contributed by atoms with Crippen LogP contribution in [0, 0.1) is 6.92 Å². The van der Waals surface area contributed by atoms with Gasteiger partial charge in [0.1, 0.15) is 0 Å². The van der Waals surface area contributed by atoms with Gasteiger partial charge >= 0.3 is 5.69 Å². The van der Waals surface area contributed by atoms with Gasteiger partial charge in [0, 0.05) is 24.0 Å². The van der Waals surface area contributed by atoms with Crippen molar-refractivity contribution >= 4 is 11.2 Å². The van der Waals surface area contributed by atoms with E-state index in [1.54, 1.807) is 6.20 Å². The summed E-state index contributed by atoms with van der Waals surface area (Å²) < 4.78 is 0. The summed E-state index contributed by atoms with van der Waals surface area (Å²) in [5.41, 5.74) is 4.01. The molecule has 0 aliphatic rings. The van der Waals surface area contributed by atoms with Crippen molar-refractivity contribution in [1.82, 2.24) is 19.9 Å². The van der Waals surface area contributed by atoms with E-state index in [9.17, 15) is 4.79 Å². The van der Waals surface area contributed by atoms with E-state index < -0.39 is 0 Å². The number of hydrogen-bond acceptors (Lipinski definition) is 3. The van der Waals surface area contributed by atoms with E-state index in [-0.39, 0.29) is 5.69 Å². The van der Waals surface area contributed by atoms with E-state index in [0.717, 1.165) is 22.5 Å². The molecule has 3 rings (SSSR count). The van der Waals surface area contributed by atoms with E-state index in [4.69, 9.17) is 0 Å². The van der Waals surface area contributed by atoms with Gasteiger partial charge in [-0.05, 0) is 30.7 Å². The number of hydrogen-bond donors (Lipinski definition) is 2. The minimum atomic E-state index is -0.226. The fourth-order valence-corrected chi connectivity index (χ4v) is 2.02. The molecule has 3 aromatic rings. The Labute approximate surface area is 103 Å². The Morgan fingerprint density at radius 2 is 2.11 bits per heavy atom.